The zero-order chi connectivity index (χ0) is 24.4. The maximum atomic E-state index is 12.9. The summed E-state index contributed by atoms with van der Waals surface area (Å²) in [5.41, 5.74) is 0.140. The number of hydrogen-bond acceptors (Lipinski definition) is 5. The molecular formula is C22H33N2O8P. The average molecular weight is 484 g/mol. The number of likely N-dealkylation sites (N-methyl/N-ethyl adjacent to an activating group) is 1. The number of nitrogens with one attached hydrogen (secondary N) is 1. The van der Waals surface area contributed by atoms with Crippen molar-refractivity contribution in [3.05, 3.63) is 29.8 Å². The second kappa shape index (κ2) is 12.7. The highest BCUT2D eigenvalue weighted by Crippen LogP contribution is 2.37. The van der Waals surface area contributed by atoms with Gasteiger partial charge in [0.2, 0.25) is 5.91 Å². The van der Waals surface area contributed by atoms with Gasteiger partial charge in [0.15, 0.2) is 0 Å². The molecule has 33 heavy (non-hydrogen) atoms. The Hall–Kier alpha value is -2.42. The molecule has 1 aliphatic carbocycles. The molecule has 10 nitrogen and oxygen atoms in total. The van der Waals surface area contributed by atoms with E-state index in [9.17, 15) is 18.9 Å². The largest absolute Gasteiger partial charge is 0.524 e. The summed E-state index contributed by atoms with van der Waals surface area (Å²) in [5.74, 6) is -1.44. The number of carboxylic acid groups (broad SMARTS) is 1. The van der Waals surface area contributed by atoms with Crippen molar-refractivity contribution in [3.8, 4) is 5.75 Å². The van der Waals surface area contributed by atoms with E-state index in [1.807, 2.05) is 0 Å². The number of phosphoric ester groups is 1. The number of benzene rings is 1. The molecule has 0 aromatic heterocycles. The molecule has 11 heteroatoms. The fraction of sp³-hybridized carbons (Fsp3) is 0.591. The first-order valence-electron chi connectivity index (χ1n) is 11.2. The van der Waals surface area contributed by atoms with Crippen molar-refractivity contribution in [2.24, 2.45) is 5.92 Å². The molecule has 1 fully saturated rings. The highest BCUT2D eigenvalue weighted by atomic mass is 31.2. The van der Waals surface area contributed by atoms with E-state index in [1.165, 1.54) is 61.3 Å². The van der Waals surface area contributed by atoms with Crippen molar-refractivity contribution in [2.45, 2.75) is 63.8 Å². The van der Waals surface area contributed by atoms with Crippen LogP contribution in [0.15, 0.2) is 24.3 Å². The lowest BCUT2D eigenvalue weighted by molar-refractivity contribution is -0.137. The number of carbonyl (C=O) groups is 3. The Morgan fingerprint density at radius 3 is 2.36 bits per heavy atom. The molecule has 184 valence electrons. The summed E-state index contributed by atoms with van der Waals surface area (Å²) in [6.45, 7) is 0.531. The van der Waals surface area contributed by atoms with Crippen molar-refractivity contribution >= 4 is 25.6 Å². The highest BCUT2D eigenvalue weighted by molar-refractivity contribution is 7.46. The van der Waals surface area contributed by atoms with Gasteiger partial charge in [0.25, 0.3) is 5.91 Å². The standard InChI is InChI=1S/C22H33N2O8P/c1-24(15-5-8-16-6-3-2-4-7-16)22(28)19(13-14-20(25)26)23-21(27)17-9-11-18(12-10-17)32-33(29,30)31/h9-12,16,19H,2-8,13-15H2,1H3,(H,23,27)(H,25,26)(H2,29,30,31). The van der Waals surface area contributed by atoms with Gasteiger partial charge in [-0.15, -0.1) is 0 Å². The van der Waals surface area contributed by atoms with Crippen LogP contribution in [-0.2, 0) is 14.2 Å². The van der Waals surface area contributed by atoms with Gasteiger partial charge in [-0.05, 0) is 49.4 Å². The van der Waals surface area contributed by atoms with Gasteiger partial charge in [0.05, 0.1) is 0 Å². The SMILES string of the molecule is CN(CCCC1CCCCC1)C(=O)C(CCC(=O)O)NC(=O)c1ccc(OP(=O)(O)O)cc1. The summed E-state index contributed by atoms with van der Waals surface area (Å²) in [6, 6.07) is 4.04. The van der Waals surface area contributed by atoms with Gasteiger partial charge in [-0.2, -0.15) is 0 Å². The molecule has 0 saturated heterocycles. The van der Waals surface area contributed by atoms with Gasteiger partial charge in [0, 0.05) is 25.6 Å². The maximum Gasteiger partial charge on any atom is 0.524 e. The van der Waals surface area contributed by atoms with Gasteiger partial charge < -0.3 is 19.8 Å². The van der Waals surface area contributed by atoms with Crippen molar-refractivity contribution in [1.82, 2.24) is 10.2 Å². The maximum absolute atomic E-state index is 12.9. The quantitative estimate of drug-likeness (QED) is 0.330. The minimum Gasteiger partial charge on any atom is -0.481 e. The molecule has 1 saturated carbocycles. The van der Waals surface area contributed by atoms with Gasteiger partial charge in [0.1, 0.15) is 11.8 Å². The molecule has 1 aromatic rings. The zero-order valence-electron chi connectivity index (χ0n) is 18.8. The van der Waals surface area contributed by atoms with E-state index in [-0.39, 0.29) is 30.1 Å². The summed E-state index contributed by atoms with van der Waals surface area (Å²) in [5, 5.41) is 11.6. The van der Waals surface area contributed by atoms with Crippen LogP contribution in [0.1, 0.15) is 68.1 Å². The smallest absolute Gasteiger partial charge is 0.481 e. The third-order valence-electron chi connectivity index (χ3n) is 5.80. The van der Waals surface area contributed by atoms with Crippen LogP contribution in [0.3, 0.4) is 0 Å². The fourth-order valence-corrected chi connectivity index (χ4v) is 4.44. The Labute approximate surface area is 193 Å². The Balaban J connectivity index is 1.95. The molecule has 0 heterocycles. The van der Waals surface area contributed by atoms with E-state index in [0.717, 1.165) is 12.8 Å². The second-order valence-electron chi connectivity index (χ2n) is 8.47. The number of nitrogens with zero attached hydrogens (tertiary/aromatic N) is 1. The first-order chi connectivity index (χ1) is 15.5. The van der Waals surface area contributed by atoms with E-state index < -0.39 is 25.7 Å². The lowest BCUT2D eigenvalue weighted by atomic mass is 9.86. The van der Waals surface area contributed by atoms with Crippen molar-refractivity contribution < 1.29 is 38.4 Å². The summed E-state index contributed by atoms with van der Waals surface area (Å²) in [6.07, 6.45) is 7.84. The molecule has 0 spiro atoms. The Morgan fingerprint density at radius 2 is 1.79 bits per heavy atom. The van der Waals surface area contributed by atoms with Gasteiger partial charge in [-0.1, -0.05) is 32.1 Å². The van der Waals surface area contributed by atoms with Crippen molar-refractivity contribution in [1.29, 1.82) is 0 Å². The molecule has 0 bridgehead atoms. The van der Waals surface area contributed by atoms with E-state index >= 15 is 0 Å². The molecule has 0 aliphatic heterocycles. The van der Waals surface area contributed by atoms with Crippen LogP contribution in [0.4, 0.5) is 0 Å². The predicted molar refractivity (Wildman–Crippen MR) is 121 cm³/mol. The van der Waals surface area contributed by atoms with Crippen LogP contribution >= 0.6 is 7.82 Å². The third kappa shape index (κ3) is 9.94. The van der Waals surface area contributed by atoms with E-state index in [2.05, 4.69) is 9.84 Å². The number of carbonyl (C=O) groups excluding carboxylic acids is 2. The fourth-order valence-electron chi connectivity index (χ4n) is 4.04. The summed E-state index contributed by atoms with van der Waals surface area (Å²) in [7, 11) is -3.07. The first kappa shape index (κ1) is 26.8. The minimum absolute atomic E-state index is 0.0493. The average Bonchev–Trinajstić information content (AvgIpc) is 2.76. The topological polar surface area (TPSA) is 153 Å². The van der Waals surface area contributed by atoms with Crippen molar-refractivity contribution in [3.63, 3.8) is 0 Å². The van der Waals surface area contributed by atoms with E-state index in [1.54, 1.807) is 7.05 Å². The molecule has 1 unspecified atom stereocenters. The van der Waals surface area contributed by atoms with Crippen LogP contribution in [0.2, 0.25) is 0 Å². The molecule has 1 atom stereocenters. The number of hydrogen-bond donors (Lipinski definition) is 4. The zero-order valence-corrected chi connectivity index (χ0v) is 19.7. The van der Waals surface area contributed by atoms with Gasteiger partial charge in [-0.3, -0.25) is 24.2 Å². The van der Waals surface area contributed by atoms with Gasteiger partial charge >= 0.3 is 13.8 Å². The number of rotatable bonds is 12. The highest BCUT2D eigenvalue weighted by Gasteiger charge is 2.26. The minimum atomic E-state index is -4.72. The second-order valence-corrected chi connectivity index (χ2v) is 9.63. The third-order valence-corrected chi connectivity index (χ3v) is 6.25. The molecule has 4 N–H and O–H groups in total. The van der Waals surface area contributed by atoms with Crippen LogP contribution in [0, 0.1) is 5.92 Å². The van der Waals surface area contributed by atoms with Crippen molar-refractivity contribution in [2.75, 3.05) is 13.6 Å². The Bertz CT molecular complexity index is 848. The monoisotopic (exact) mass is 484 g/mol. The lowest BCUT2D eigenvalue weighted by Crippen LogP contribution is -2.47. The van der Waals surface area contributed by atoms with E-state index in [0.29, 0.717) is 12.5 Å². The van der Waals surface area contributed by atoms with E-state index in [4.69, 9.17) is 14.9 Å². The summed E-state index contributed by atoms with van der Waals surface area (Å²) >= 11 is 0. The normalized spacial score (nSPS) is 15.5. The molecule has 0 radical (unpaired) electrons. The first-order valence-corrected chi connectivity index (χ1v) is 12.7. The molecule has 2 rings (SSSR count). The van der Waals surface area contributed by atoms with Crippen LogP contribution in [0.5, 0.6) is 5.75 Å². The molecule has 2 amide bonds. The summed E-state index contributed by atoms with van der Waals surface area (Å²) < 4.78 is 15.3. The van der Waals surface area contributed by atoms with Crippen LogP contribution < -0.4 is 9.84 Å². The Kier molecular flexibility index (Phi) is 10.3. The predicted octanol–water partition coefficient (Wildman–Crippen LogP) is 2.94. The summed E-state index contributed by atoms with van der Waals surface area (Å²) in [4.78, 5) is 55.8. The molecule has 1 aliphatic rings. The molecule has 1 aromatic carbocycles. The number of aliphatic carboxylic acids is 1. The van der Waals surface area contributed by atoms with Gasteiger partial charge in [-0.25, -0.2) is 4.57 Å². The number of amides is 2. The Morgan fingerprint density at radius 1 is 1.15 bits per heavy atom. The van der Waals surface area contributed by atoms with Crippen LogP contribution in [0.25, 0.3) is 0 Å². The van der Waals surface area contributed by atoms with Crippen LogP contribution in [-0.4, -0.2) is 57.2 Å². The molecular weight excluding hydrogens is 451 g/mol. The number of carboxylic acids is 1. The number of phosphoric acid groups is 1. The lowest BCUT2D eigenvalue weighted by Gasteiger charge is -2.26.